The largest absolute Gasteiger partial charge is 0.352 e. The number of carbonyl (C=O) groups excluding carboxylic acids is 1. The van der Waals surface area contributed by atoms with Gasteiger partial charge in [-0.05, 0) is 26.3 Å². The lowest BCUT2D eigenvalue weighted by molar-refractivity contribution is -0.122. The van der Waals surface area contributed by atoms with Crippen LogP contribution >= 0.6 is 0 Å². The number of rotatable bonds is 5. The quantitative estimate of drug-likeness (QED) is 0.863. The molecule has 1 amide bonds. The maximum absolute atomic E-state index is 12.6. The van der Waals surface area contributed by atoms with Gasteiger partial charge in [-0.25, -0.2) is 8.78 Å². The van der Waals surface area contributed by atoms with E-state index in [1.165, 1.54) is 6.07 Å². The first-order chi connectivity index (χ1) is 7.93. The van der Waals surface area contributed by atoms with Crippen molar-refractivity contribution < 1.29 is 13.6 Å². The van der Waals surface area contributed by atoms with Gasteiger partial charge in [-0.2, -0.15) is 5.10 Å². The molecule has 17 heavy (non-hydrogen) atoms. The van der Waals surface area contributed by atoms with E-state index in [1.54, 1.807) is 6.92 Å². The van der Waals surface area contributed by atoms with Crippen LogP contribution in [0.3, 0.4) is 0 Å². The Morgan fingerprint density at radius 3 is 2.76 bits per heavy atom. The number of carbonyl (C=O) groups is 1. The molecule has 1 aromatic rings. The second-order valence-electron chi connectivity index (χ2n) is 4.05. The Balaban J connectivity index is 2.71. The van der Waals surface area contributed by atoms with Gasteiger partial charge in [0.05, 0.1) is 5.69 Å². The van der Waals surface area contributed by atoms with Crippen LogP contribution < -0.4 is 5.32 Å². The van der Waals surface area contributed by atoms with Gasteiger partial charge in [0, 0.05) is 6.04 Å². The number of halogens is 2. The molecule has 0 saturated heterocycles. The molecule has 1 heterocycles. The van der Waals surface area contributed by atoms with Crippen molar-refractivity contribution in [2.24, 2.45) is 0 Å². The number of alkyl halides is 2. The molecular formula is C11H17F2N3O. The van der Waals surface area contributed by atoms with Crippen LogP contribution in [0.4, 0.5) is 8.78 Å². The van der Waals surface area contributed by atoms with Crippen LogP contribution in [0.15, 0.2) is 6.07 Å². The van der Waals surface area contributed by atoms with Crippen LogP contribution in [0.25, 0.3) is 0 Å². The fourth-order valence-corrected chi connectivity index (χ4v) is 1.43. The topological polar surface area (TPSA) is 46.9 Å². The Morgan fingerprint density at radius 2 is 2.24 bits per heavy atom. The summed E-state index contributed by atoms with van der Waals surface area (Å²) in [5.41, 5.74) is 0.262. The van der Waals surface area contributed by atoms with Gasteiger partial charge >= 0.3 is 0 Å². The predicted octanol–water partition coefficient (Wildman–Crippen LogP) is 2.04. The Kier molecular flexibility index (Phi) is 4.60. The number of nitrogens with one attached hydrogen (secondary N) is 1. The van der Waals surface area contributed by atoms with Gasteiger partial charge in [-0.3, -0.25) is 9.48 Å². The van der Waals surface area contributed by atoms with E-state index in [-0.39, 0.29) is 24.2 Å². The van der Waals surface area contributed by atoms with E-state index in [4.69, 9.17) is 0 Å². The lowest BCUT2D eigenvalue weighted by Gasteiger charge is -2.12. The van der Waals surface area contributed by atoms with Gasteiger partial charge in [-0.15, -0.1) is 0 Å². The molecule has 0 aliphatic rings. The van der Waals surface area contributed by atoms with E-state index in [9.17, 15) is 13.6 Å². The molecule has 0 bridgehead atoms. The number of nitrogens with zero attached hydrogens (tertiary/aromatic N) is 2. The zero-order valence-corrected chi connectivity index (χ0v) is 10.2. The average molecular weight is 245 g/mol. The van der Waals surface area contributed by atoms with Crippen molar-refractivity contribution in [2.45, 2.75) is 46.2 Å². The molecule has 1 aromatic heterocycles. The van der Waals surface area contributed by atoms with Crippen molar-refractivity contribution in [3.8, 4) is 0 Å². The standard InChI is InChI=1S/C11H17F2N3O/c1-4-7(2)14-10(17)6-16-9(11(12)13)5-8(3)15-16/h5,7,11H,4,6H2,1-3H3,(H,14,17). The highest BCUT2D eigenvalue weighted by molar-refractivity contribution is 5.76. The average Bonchev–Trinajstić information content (AvgIpc) is 2.59. The molecule has 1 atom stereocenters. The summed E-state index contributed by atoms with van der Waals surface area (Å²) in [7, 11) is 0. The Hall–Kier alpha value is -1.46. The number of hydrogen-bond acceptors (Lipinski definition) is 2. The van der Waals surface area contributed by atoms with Crippen LogP contribution in [0, 0.1) is 6.92 Å². The van der Waals surface area contributed by atoms with E-state index >= 15 is 0 Å². The van der Waals surface area contributed by atoms with Crippen molar-refractivity contribution in [2.75, 3.05) is 0 Å². The first kappa shape index (κ1) is 13.6. The molecule has 1 N–H and O–H groups in total. The summed E-state index contributed by atoms with van der Waals surface area (Å²) in [6.07, 6.45) is -1.82. The molecule has 0 aromatic carbocycles. The maximum Gasteiger partial charge on any atom is 0.280 e. The van der Waals surface area contributed by atoms with Gasteiger partial charge in [0.25, 0.3) is 6.43 Å². The summed E-state index contributed by atoms with van der Waals surface area (Å²) in [5, 5.41) is 6.59. The van der Waals surface area contributed by atoms with Crippen LogP contribution in [0.5, 0.6) is 0 Å². The zero-order chi connectivity index (χ0) is 13.0. The lowest BCUT2D eigenvalue weighted by Crippen LogP contribution is -2.35. The monoisotopic (exact) mass is 245 g/mol. The van der Waals surface area contributed by atoms with E-state index in [0.717, 1.165) is 11.1 Å². The highest BCUT2D eigenvalue weighted by Gasteiger charge is 2.17. The number of amides is 1. The Labute approximate surface area is 99.0 Å². The second-order valence-corrected chi connectivity index (χ2v) is 4.05. The summed E-state index contributed by atoms with van der Waals surface area (Å²) < 4.78 is 26.3. The van der Waals surface area contributed by atoms with Gasteiger partial charge < -0.3 is 5.32 Å². The minimum Gasteiger partial charge on any atom is -0.352 e. The minimum atomic E-state index is -2.62. The molecule has 96 valence electrons. The molecule has 1 unspecified atom stereocenters. The molecule has 0 aliphatic carbocycles. The van der Waals surface area contributed by atoms with Gasteiger partial charge in [-0.1, -0.05) is 6.92 Å². The van der Waals surface area contributed by atoms with Crippen molar-refractivity contribution in [3.63, 3.8) is 0 Å². The molecular weight excluding hydrogens is 228 g/mol. The summed E-state index contributed by atoms with van der Waals surface area (Å²) >= 11 is 0. The van der Waals surface area contributed by atoms with Gasteiger partial charge in [0.2, 0.25) is 5.91 Å². The summed E-state index contributed by atoms with van der Waals surface area (Å²) in [4.78, 5) is 11.5. The van der Waals surface area contributed by atoms with Crippen LogP contribution in [0.1, 0.15) is 38.1 Å². The highest BCUT2D eigenvalue weighted by Crippen LogP contribution is 2.19. The first-order valence-corrected chi connectivity index (χ1v) is 5.55. The fraction of sp³-hybridized carbons (Fsp3) is 0.636. The predicted molar refractivity (Wildman–Crippen MR) is 59.8 cm³/mol. The smallest absolute Gasteiger partial charge is 0.280 e. The molecule has 1 rings (SSSR count). The normalized spacial score (nSPS) is 12.8. The molecule has 6 heteroatoms. The van der Waals surface area contributed by atoms with Crippen LogP contribution in [-0.2, 0) is 11.3 Å². The van der Waals surface area contributed by atoms with Gasteiger partial charge in [0.15, 0.2) is 0 Å². The fourth-order valence-electron chi connectivity index (χ4n) is 1.43. The number of aryl methyl sites for hydroxylation is 1. The van der Waals surface area contributed by atoms with E-state index < -0.39 is 6.43 Å². The summed E-state index contributed by atoms with van der Waals surface area (Å²) in [5.74, 6) is -0.302. The molecule has 4 nitrogen and oxygen atoms in total. The van der Waals surface area contributed by atoms with E-state index in [0.29, 0.717) is 5.69 Å². The maximum atomic E-state index is 12.6. The van der Waals surface area contributed by atoms with Crippen LogP contribution in [0.2, 0.25) is 0 Å². The van der Waals surface area contributed by atoms with Crippen molar-refractivity contribution in [3.05, 3.63) is 17.5 Å². The highest BCUT2D eigenvalue weighted by atomic mass is 19.3. The van der Waals surface area contributed by atoms with E-state index in [2.05, 4.69) is 10.4 Å². The summed E-state index contributed by atoms with van der Waals surface area (Å²) in [6.45, 7) is 5.25. The molecule has 0 aliphatic heterocycles. The third kappa shape index (κ3) is 3.80. The lowest BCUT2D eigenvalue weighted by atomic mass is 10.2. The number of aromatic nitrogens is 2. The van der Waals surface area contributed by atoms with Crippen LogP contribution in [-0.4, -0.2) is 21.7 Å². The van der Waals surface area contributed by atoms with Crippen molar-refractivity contribution >= 4 is 5.91 Å². The Bertz CT molecular complexity index is 390. The van der Waals surface area contributed by atoms with Gasteiger partial charge in [0.1, 0.15) is 12.2 Å². The number of hydrogen-bond donors (Lipinski definition) is 1. The van der Waals surface area contributed by atoms with Crippen molar-refractivity contribution in [1.82, 2.24) is 15.1 Å². The SMILES string of the molecule is CCC(C)NC(=O)Cn1nc(C)cc1C(F)F. The zero-order valence-electron chi connectivity index (χ0n) is 10.2. The summed E-state index contributed by atoms with van der Waals surface area (Å²) in [6, 6.07) is 1.33. The molecule has 0 spiro atoms. The molecule has 0 saturated carbocycles. The Morgan fingerprint density at radius 1 is 1.59 bits per heavy atom. The third-order valence-corrected chi connectivity index (χ3v) is 2.47. The minimum absolute atomic E-state index is 0.0363. The molecule has 0 fully saturated rings. The first-order valence-electron chi connectivity index (χ1n) is 5.55. The van der Waals surface area contributed by atoms with E-state index in [1.807, 2.05) is 13.8 Å². The van der Waals surface area contributed by atoms with Crippen molar-refractivity contribution in [1.29, 1.82) is 0 Å². The molecule has 0 radical (unpaired) electrons. The second kappa shape index (κ2) is 5.75. The third-order valence-electron chi connectivity index (χ3n) is 2.47.